The minimum Gasteiger partial charge on any atom is -0.368 e. The van der Waals surface area contributed by atoms with E-state index in [0.29, 0.717) is 28.5 Å². The first-order chi connectivity index (χ1) is 19.4. The van der Waals surface area contributed by atoms with Gasteiger partial charge in [0.25, 0.3) is 11.8 Å². The fourth-order valence-corrected chi connectivity index (χ4v) is 5.01. The van der Waals surface area contributed by atoms with E-state index >= 15 is 0 Å². The van der Waals surface area contributed by atoms with E-state index in [4.69, 9.17) is 16.6 Å². The van der Waals surface area contributed by atoms with Crippen LogP contribution in [0.3, 0.4) is 0 Å². The second kappa shape index (κ2) is 11.4. The summed E-state index contributed by atoms with van der Waals surface area (Å²) in [5.41, 5.74) is 8.79. The molecule has 0 radical (unpaired) electrons. The molecule has 0 aliphatic carbocycles. The number of carbonyl (C=O) groups excluding carboxylic acids is 2. The number of nitrogens with zero attached hydrogens (tertiary/aromatic N) is 4. The number of halogens is 1. The molecular weight excluding hydrogens is 509 g/mol. The second-order valence-electron chi connectivity index (χ2n) is 9.60. The number of amides is 2. The molecule has 0 saturated carbocycles. The Bertz CT molecular complexity index is 1560. The first-order valence-electron chi connectivity index (χ1n) is 13.1. The van der Waals surface area contributed by atoms with Crippen molar-refractivity contribution in [3.63, 3.8) is 0 Å². The highest BCUT2D eigenvalue weighted by Crippen LogP contribution is 2.33. The SMILES string of the molecule is CC=CN1CCCC[C@H]1c1nc(-c2ccc(C(=O)Nc3cc(-c4ccc(F)cc4)ccn3)cc2)c(C(N)=O)n1N. The molecular formula is C30H30FN7O2. The molecule has 0 bridgehead atoms. The van der Waals surface area contributed by atoms with E-state index in [1.807, 2.05) is 19.2 Å². The van der Waals surface area contributed by atoms with Crippen LogP contribution >= 0.6 is 0 Å². The van der Waals surface area contributed by atoms with Gasteiger partial charge in [0.15, 0.2) is 11.5 Å². The average Bonchev–Trinajstić information content (AvgIpc) is 3.31. The number of benzene rings is 2. The molecule has 5 rings (SSSR count). The van der Waals surface area contributed by atoms with Crippen LogP contribution in [0.2, 0.25) is 0 Å². The quantitative estimate of drug-likeness (QED) is 0.287. The number of anilines is 1. The fraction of sp³-hybridized carbons (Fsp3) is 0.200. The Labute approximate surface area is 231 Å². The maximum Gasteiger partial charge on any atom is 0.269 e. The first-order valence-corrected chi connectivity index (χ1v) is 13.1. The monoisotopic (exact) mass is 539 g/mol. The average molecular weight is 540 g/mol. The molecule has 1 aliphatic rings. The van der Waals surface area contributed by atoms with Gasteiger partial charge in [-0.1, -0.05) is 30.3 Å². The Morgan fingerprint density at radius 2 is 1.75 bits per heavy atom. The molecule has 1 aliphatic heterocycles. The summed E-state index contributed by atoms with van der Waals surface area (Å²) in [6, 6.07) is 16.2. The summed E-state index contributed by atoms with van der Waals surface area (Å²) in [7, 11) is 0. The highest BCUT2D eigenvalue weighted by atomic mass is 19.1. The molecule has 0 spiro atoms. The van der Waals surface area contributed by atoms with E-state index in [9.17, 15) is 14.0 Å². The zero-order chi connectivity index (χ0) is 28.2. The summed E-state index contributed by atoms with van der Waals surface area (Å²) in [6.45, 7) is 2.82. The molecule has 4 aromatic rings. The number of likely N-dealkylation sites (tertiary alicyclic amines) is 1. The number of hydrogen-bond acceptors (Lipinski definition) is 6. The summed E-state index contributed by atoms with van der Waals surface area (Å²) in [5.74, 6) is 5.93. The predicted octanol–water partition coefficient (Wildman–Crippen LogP) is 4.88. The largest absolute Gasteiger partial charge is 0.368 e. The molecule has 40 heavy (non-hydrogen) atoms. The Balaban J connectivity index is 1.38. The number of nitrogens with one attached hydrogen (secondary N) is 1. The van der Waals surface area contributed by atoms with Crippen molar-refractivity contribution in [1.82, 2.24) is 19.5 Å². The molecule has 9 nitrogen and oxygen atoms in total. The zero-order valence-corrected chi connectivity index (χ0v) is 22.0. The number of nitrogens with two attached hydrogens (primary N) is 2. The van der Waals surface area contributed by atoms with E-state index in [0.717, 1.165) is 36.9 Å². The molecule has 1 fully saturated rings. The molecule has 10 heteroatoms. The molecule has 1 atom stereocenters. The molecule has 1 saturated heterocycles. The van der Waals surface area contributed by atoms with E-state index in [2.05, 4.69) is 15.2 Å². The zero-order valence-electron chi connectivity index (χ0n) is 22.0. The number of imidazole rings is 1. The number of aromatic nitrogens is 3. The van der Waals surface area contributed by atoms with Gasteiger partial charge < -0.3 is 21.8 Å². The number of rotatable bonds is 7. The summed E-state index contributed by atoms with van der Waals surface area (Å²) in [4.78, 5) is 36.5. The van der Waals surface area contributed by atoms with Crippen molar-refractivity contribution in [1.29, 1.82) is 0 Å². The summed E-state index contributed by atoms with van der Waals surface area (Å²) in [5, 5.41) is 2.79. The van der Waals surface area contributed by atoms with Crippen molar-refractivity contribution >= 4 is 17.6 Å². The Morgan fingerprint density at radius 3 is 2.45 bits per heavy atom. The van der Waals surface area contributed by atoms with Gasteiger partial charge in [0, 0.05) is 23.9 Å². The van der Waals surface area contributed by atoms with Crippen LogP contribution in [-0.2, 0) is 0 Å². The van der Waals surface area contributed by atoms with Crippen LogP contribution in [0.4, 0.5) is 10.2 Å². The maximum absolute atomic E-state index is 13.3. The minimum absolute atomic E-state index is 0.0787. The molecule has 2 aromatic heterocycles. The fourth-order valence-electron chi connectivity index (χ4n) is 5.01. The summed E-state index contributed by atoms with van der Waals surface area (Å²) >= 11 is 0. The Hall–Kier alpha value is -4.99. The van der Waals surface area contributed by atoms with E-state index in [-0.39, 0.29) is 23.5 Å². The van der Waals surface area contributed by atoms with Gasteiger partial charge in [-0.05, 0) is 79.9 Å². The van der Waals surface area contributed by atoms with Crippen LogP contribution in [0.5, 0.6) is 0 Å². The molecule has 2 amide bonds. The normalized spacial score (nSPS) is 15.3. The topological polar surface area (TPSA) is 132 Å². The van der Waals surface area contributed by atoms with E-state index < -0.39 is 5.91 Å². The third kappa shape index (κ3) is 5.42. The van der Waals surface area contributed by atoms with Crippen molar-refractivity contribution in [2.75, 3.05) is 17.7 Å². The highest BCUT2D eigenvalue weighted by molar-refractivity contribution is 6.04. The lowest BCUT2D eigenvalue weighted by molar-refractivity contribution is 0.0990. The van der Waals surface area contributed by atoms with Gasteiger partial charge in [-0.15, -0.1) is 0 Å². The van der Waals surface area contributed by atoms with Crippen LogP contribution in [0, 0.1) is 5.82 Å². The van der Waals surface area contributed by atoms with Crippen LogP contribution in [0.25, 0.3) is 22.4 Å². The Kier molecular flexibility index (Phi) is 7.59. The predicted molar refractivity (Wildman–Crippen MR) is 152 cm³/mol. The number of carbonyl (C=O) groups is 2. The van der Waals surface area contributed by atoms with Crippen LogP contribution in [0.15, 0.2) is 79.1 Å². The van der Waals surface area contributed by atoms with Crippen LogP contribution in [0.1, 0.15) is 58.9 Å². The maximum atomic E-state index is 13.3. The lowest BCUT2D eigenvalue weighted by Crippen LogP contribution is -2.33. The number of pyridine rings is 1. The van der Waals surface area contributed by atoms with Gasteiger partial charge in [-0.25, -0.2) is 19.0 Å². The number of piperidine rings is 1. The lowest BCUT2D eigenvalue weighted by Gasteiger charge is -2.34. The van der Waals surface area contributed by atoms with Crippen molar-refractivity contribution in [2.45, 2.75) is 32.2 Å². The molecule has 2 aromatic carbocycles. The second-order valence-corrected chi connectivity index (χ2v) is 9.60. The van der Waals surface area contributed by atoms with Gasteiger partial charge in [-0.2, -0.15) is 0 Å². The number of allylic oxidation sites excluding steroid dienone is 1. The van der Waals surface area contributed by atoms with E-state index in [1.165, 1.54) is 16.8 Å². The third-order valence-electron chi connectivity index (χ3n) is 6.95. The number of nitrogen functional groups attached to an aromatic ring is 1. The van der Waals surface area contributed by atoms with Gasteiger partial charge in [0.1, 0.15) is 17.3 Å². The standard InChI is InChI=1S/C30H30FN7O2/c1-2-16-37-17-4-3-5-24(37)29-36-26(27(28(32)39)38(29)33)20-6-8-21(9-7-20)30(40)35-25-18-22(14-15-34-25)19-10-12-23(31)13-11-19/h2,6-16,18,24H,3-5,17,33H2,1H3,(H2,32,39)(H,34,35,40)/t24-/m0/s1. The molecule has 204 valence electrons. The summed E-state index contributed by atoms with van der Waals surface area (Å²) in [6.07, 6.45) is 8.50. The Morgan fingerprint density at radius 1 is 1.02 bits per heavy atom. The third-order valence-corrected chi connectivity index (χ3v) is 6.95. The van der Waals surface area contributed by atoms with Gasteiger partial charge in [-0.3, -0.25) is 9.59 Å². The number of hydrogen-bond donors (Lipinski definition) is 3. The lowest BCUT2D eigenvalue weighted by atomic mass is 10.0. The van der Waals surface area contributed by atoms with Crippen LogP contribution < -0.4 is 16.9 Å². The minimum atomic E-state index is -0.682. The van der Waals surface area contributed by atoms with Crippen molar-refractivity contribution in [2.24, 2.45) is 5.73 Å². The first kappa shape index (κ1) is 26.6. The molecule has 5 N–H and O–H groups in total. The van der Waals surface area contributed by atoms with Crippen molar-refractivity contribution in [3.8, 4) is 22.4 Å². The molecule has 3 heterocycles. The van der Waals surface area contributed by atoms with Gasteiger partial charge >= 0.3 is 0 Å². The van der Waals surface area contributed by atoms with Gasteiger partial charge in [0.05, 0.1) is 6.04 Å². The summed E-state index contributed by atoms with van der Waals surface area (Å²) < 4.78 is 14.6. The van der Waals surface area contributed by atoms with Crippen LogP contribution in [-0.4, -0.2) is 37.9 Å². The van der Waals surface area contributed by atoms with Gasteiger partial charge in [0.2, 0.25) is 0 Å². The smallest absolute Gasteiger partial charge is 0.269 e. The molecule has 0 unspecified atom stereocenters. The highest BCUT2D eigenvalue weighted by Gasteiger charge is 2.30. The van der Waals surface area contributed by atoms with Crippen molar-refractivity contribution in [3.05, 3.63) is 102 Å². The number of primary amides is 1. The van der Waals surface area contributed by atoms with Crippen molar-refractivity contribution < 1.29 is 14.0 Å². The van der Waals surface area contributed by atoms with E-state index in [1.54, 1.807) is 54.7 Å².